The molecule has 3 N–H and O–H groups in total. The number of hydrogen-bond donors (Lipinski definition) is 3. The molecule has 1 heterocycles. The standard InChI is InChI=1S/C16H20F7N5O/c1-7(15(18,19)20)24-13-26-12(9-5-3-4-6-10(29)11(9)17)27-14(28-13)25-8(2)16(21,22)23/h7-8,10,29H,3-6H2,1-2H3,(H2,24,25,26,27,28)/t7-,8-,10-/m1/s1. The largest absolute Gasteiger partial charge is 0.408 e. The average molecular weight is 431 g/mol. The molecule has 3 atom stereocenters. The first kappa shape index (κ1) is 23.1. The number of halogens is 7. The molecule has 0 saturated heterocycles. The van der Waals surface area contributed by atoms with Crippen LogP contribution >= 0.6 is 0 Å². The van der Waals surface area contributed by atoms with Crippen LogP contribution in [0.3, 0.4) is 0 Å². The molecule has 0 aromatic carbocycles. The van der Waals surface area contributed by atoms with E-state index in [2.05, 4.69) is 15.0 Å². The first-order valence-electron chi connectivity index (χ1n) is 8.78. The molecule has 1 aliphatic carbocycles. The minimum atomic E-state index is -4.68. The summed E-state index contributed by atoms with van der Waals surface area (Å²) in [4.78, 5) is 11.0. The molecule has 164 valence electrons. The van der Waals surface area contributed by atoms with E-state index in [1.54, 1.807) is 0 Å². The van der Waals surface area contributed by atoms with E-state index < -0.39 is 54.1 Å². The Bertz CT molecular complexity index is 710. The summed E-state index contributed by atoms with van der Waals surface area (Å²) >= 11 is 0. The second kappa shape index (κ2) is 8.67. The lowest BCUT2D eigenvalue weighted by Gasteiger charge is -2.20. The smallest absolute Gasteiger partial charge is 0.386 e. The molecule has 0 aliphatic heterocycles. The van der Waals surface area contributed by atoms with E-state index in [1.807, 2.05) is 10.6 Å². The molecule has 1 aliphatic rings. The molecular weight excluding hydrogens is 411 g/mol. The van der Waals surface area contributed by atoms with Crippen LogP contribution in [0.4, 0.5) is 42.6 Å². The van der Waals surface area contributed by atoms with Gasteiger partial charge in [0.25, 0.3) is 0 Å². The van der Waals surface area contributed by atoms with Gasteiger partial charge in [0, 0.05) is 5.57 Å². The Balaban J connectivity index is 2.47. The highest BCUT2D eigenvalue weighted by Gasteiger charge is 2.38. The number of alkyl halides is 6. The Labute approximate surface area is 161 Å². The molecule has 13 heteroatoms. The first-order chi connectivity index (χ1) is 13.3. The highest BCUT2D eigenvalue weighted by atomic mass is 19.4. The predicted octanol–water partition coefficient (Wildman–Crippen LogP) is 4.21. The van der Waals surface area contributed by atoms with Crippen LogP contribution < -0.4 is 10.6 Å². The molecule has 2 rings (SSSR count). The van der Waals surface area contributed by atoms with Gasteiger partial charge < -0.3 is 15.7 Å². The molecule has 0 bridgehead atoms. The van der Waals surface area contributed by atoms with Crippen molar-refractivity contribution in [1.29, 1.82) is 0 Å². The van der Waals surface area contributed by atoms with E-state index in [-0.39, 0.29) is 18.4 Å². The molecular formula is C16H20F7N5O. The highest BCUT2D eigenvalue weighted by Crippen LogP contribution is 2.32. The van der Waals surface area contributed by atoms with Gasteiger partial charge in [-0.3, -0.25) is 0 Å². The second-order valence-corrected chi connectivity index (χ2v) is 6.71. The lowest BCUT2D eigenvalue weighted by Crippen LogP contribution is -2.35. The second-order valence-electron chi connectivity index (χ2n) is 6.71. The molecule has 6 nitrogen and oxygen atoms in total. The minimum absolute atomic E-state index is 0.0649. The first-order valence-corrected chi connectivity index (χ1v) is 8.78. The quantitative estimate of drug-likeness (QED) is 0.606. The monoisotopic (exact) mass is 431 g/mol. The summed E-state index contributed by atoms with van der Waals surface area (Å²) < 4.78 is 91.4. The van der Waals surface area contributed by atoms with Crippen LogP contribution in [-0.2, 0) is 0 Å². The third-order valence-corrected chi connectivity index (χ3v) is 4.31. The lowest BCUT2D eigenvalue weighted by atomic mass is 10.1. The topological polar surface area (TPSA) is 83.0 Å². The van der Waals surface area contributed by atoms with Gasteiger partial charge in [0.15, 0.2) is 5.82 Å². The van der Waals surface area contributed by atoms with Gasteiger partial charge in [-0.2, -0.15) is 41.3 Å². The van der Waals surface area contributed by atoms with E-state index >= 15 is 0 Å². The van der Waals surface area contributed by atoms with Crippen LogP contribution in [-0.4, -0.2) is 50.6 Å². The summed E-state index contributed by atoms with van der Waals surface area (Å²) in [6, 6.07) is -4.24. The number of anilines is 2. The zero-order chi connectivity index (χ0) is 22.0. The number of allylic oxidation sites excluding steroid dienone is 1. The van der Waals surface area contributed by atoms with Crippen LogP contribution in [0.5, 0.6) is 0 Å². The lowest BCUT2D eigenvalue weighted by molar-refractivity contribution is -0.139. The number of nitrogens with one attached hydrogen (secondary N) is 2. The van der Waals surface area contributed by atoms with Crippen molar-refractivity contribution >= 4 is 17.5 Å². The molecule has 0 spiro atoms. The van der Waals surface area contributed by atoms with Crippen molar-refractivity contribution in [2.75, 3.05) is 10.6 Å². The van der Waals surface area contributed by atoms with Crippen molar-refractivity contribution in [1.82, 2.24) is 15.0 Å². The molecule has 0 amide bonds. The Morgan fingerprint density at radius 2 is 1.38 bits per heavy atom. The van der Waals surface area contributed by atoms with E-state index in [1.165, 1.54) is 0 Å². The van der Waals surface area contributed by atoms with Gasteiger partial charge >= 0.3 is 12.4 Å². The fourth-order valence-electron chi connectivity index (χ4n) is 2.50. The summed E-state index contributed by atoms with van der Waals surface area (Å²) in [6.45, 7) is 1.54. The van der Waals surface area contributed by atoms with Gasteiger partial charge in [-0.15, -0.1) is 0 Å². The van der Waals surface area contributed by atoms with Gasteiger partial charge in [0.2, 0.25) is 11.9 Å². The van der Waals surface area contributed by atoms with Crippen molar-refractivity contribution in [3.63, 3.8) is 0 Å². The van der Waals surface area contributed by atoms with Crippen LogP contribution in [0.15, 0.2) is 5.83 Å². The van der Waals surface area contributed by atoms with E-state index in [9.17, 15) is 35.8 Å². The van der Waals surface area contributed by atoms with Gasteiger partial charge in [-0.05, 0) is 33.1 Å². The number of nitrogens with zero attached hydrogens (tertiary/aromatic N) is 3. The van der Waals surface area contributed by atoms with Gasteiger partial charge in [0.05, 0.1) is 0 Å². The number of aliphatic hydroxyl groups is 1. The zero-order valence-electron chi connectivity index (χ0n) is 15.5. The number of aromatic nitrogens is 3. The summed E-state index contributed by atoms with van der Waals surface area (Å²) in [5.74, 6) is -2.74. The summed E-state index contributed by atoms with van der Waals surface area (Å²) in [5, 5.41) is 13.7. The SMILES string of the molecule is C[C@@H](Nc1nc(N[C@H](C)C(F)(F)F)nc(C2=C(F)[C@H](O)CCCC2)n1)C(F)(F)F. The normalized spacial score (nSPS) is 20.8. The van der Waals surface area contributed by atoms with Gasteiger partial charge in [0.1, 0.15) is 24.0 Å². The fourth-order valence-corrected chi connectivity index (χ4v) is 2.50. The van der Waals surface area contributed by atoms with Crippen molar-refractivity contribution < 1.29 is 35.8 Å². The van der Waals surface area contributed by atoms with E-state index in [4.69, 9.17) is 0 Å². The Hall–Kier alpha value is -2.18. The summed E-state index contributed by atoms with van der Waals surface area (Å²) in [7, 11) is 0. The molecule has 0 radical (unpaired) electrons. The van der Waals surface area contributed by atoms with Crippen LogP contribution in [0.25, 0.3) is 5.57 Å². The molecule has 29 heavy (non-hydrogen) atoms. The maximum Gasteiger partial charge on any atom is 0.408 e. The Morgan fingerprint density at radius 1 is 0.897 bits per heavy atom. The van der Waals surface area contributed by atoms with Crippen molar-refractivity contribution in [3.05, 3.63) is 11.7 Å². The fraction of sp³-hybridized carbons (Fsp3) is 0.688. The van der Waals surface area contributed by atoms with Crippen LogP contribution in [0.2, 0.25) is 0 Å². The molecule has 1 aromatic heterocycles. The zero-order valence-corrected chi connectivity index (χ0v) is 15.5. The maximum atomic E-state index is 14.5. The van der Waals surface area contributed by atoms with Gasteiger partial charge in [-0.25, -0.2) is 4.39 Å². The number of hydrogen-bond acceptors (Lipinski definition) is 6. The predicted molar refractivity (Wildman–Crippen MR) is 90.6 cm³/mol. The Kier molecular flexibility index (Phi) is 6.91. The molecule has 1 aromatic rings. The highest BCUT2D eigenvalue weighted by molar-refractivity contribution is 5.64. The van der Waals surface area contributed by atoms with E-state index in [0.717, 1.165) is 13.8 Å². The third kappa shape index (κ3) is 6.15. The van der Waals surface area contributed by atoms with Gasteiger partial charge in [-0.1, -0.05) is 6.42 Å². The molecule has 0 saturated carbocycles. The van der Waals surface area contributed by atoms with Crippen LogP contribution in [0, 0.1) is 0 Å². The summed E-state index contributed by atoms with van der Waals surface area (Å²) in [5.41, 5.74) is -0.178. The van der Waals surface area contributed by atoms with Crippen molar-refractivity contribution in [2.24, 2.45) is 0 Å². The van der Waals surface area contributed by atoms with Crippen molar-refractivity contribution in [2.45, 2.75) is 70.1 Å². The van der Waals surface area contributed by atoms with Crippen LogP contribution in [0.1, 0.15) is 45.4 Å². The number of rotatable bonds is 5. The number of aliphatic hydroxyl groups excluding tert-OH is 1. The average Bonchev–Trinajstić information content (AvgIpc) is 2.74. The molecule has 0 fully saturated rings. The third-order valence-electron chi connectivity index (χ3n) is 4.31. The summed E-state index contributed by atoms with van der Waals surface area (Å²) in [6.07, 6.45) is -9.68. The minimum Gasteiger partial charge on any atom is -0.386 e. The van der Waals surface area contributed by atoms with E-state index in [0.29, 0.717) is 12.8 Å². The van der Waals surface area contributed by atoms with Crippen molar-refractivity contribution in [3.8, 4) is 0 Å². The maximum absolute atomic E-state index is 14.5. The Morgan fingerprint density at radius 3 is 1.83 bits per heavy atom. The molecule has 0 unspecified atom stereocenters.